The van der Waals surface area contributed by atoms with Gasteiger partial charge in [0, 0.05) is 34.8 Å². The summed E-state index contributed by atoms with van der Waals surface area (Å²) in [5, 5.41) is 15.0. The fourth-order valence-corrected chi connectivity index (χ4v) is 8.53. The highest BCUT2D eigenvalue weighted by molar-refractivity contribution is 7.14. The molecule has 2 aromatic heterocycles. The van der Waals surface area contributed by atoms with Gasteiger partial charge in [0.15, 0.2) is 5.82 Å². The van der Waals surface area contributed by atoms with Crippen molar-refractivity contribution in [1.29, 1.82) is 0 Å². The molecule has 51 heavy (non-hydrogen) atoms. The van der Waals surface area contributed by atoms with Crippen LogP contribution in [0.15, 0.2) is 54.9 Å². The van der Waals surface area contributed by atoms with Crippen LogP contribution >= 0.6 is 11.3 Å². The van der Waals surface area contributed by atoms with Gasteiger partial charge in [-0.25, -0.2) is 14.8 Å². The molecule has 2 aliphatic rings. The fourth-order valence-electron chi connectivity index (χ4n) is 7.57. The van der Waals surface area contributed by atoms with E-state index >= 15 is 0 Å². The van der Waals surface area contributed by atoms with E-state index in [0.717, 1.165) is 52.2 Å². The average molecular weight is 714 g/mol. The lowest BCUT2D eigenvalue weighted by atomic mass is 9.70. The number of benzene rings is 1. The van der Waals surface area contributed by atoms with Crippen LogP contribution in [-0.4, -0.2) is 51.5 Å². The number of hydrogen-bond donors (Lipinski definition) is 4. The highest BCUT2D eigenvalue weighted by Gasteiger charge is 2.30. The maximum atomic E-state index is 13.4. The molecule has 2 aliphatic carbocycles. The smallest absolute Gasteiger partial charge is 0.326 e. The number of hydrogen-bond acceptors (Lipinski definition) is 7. The number of carbonyl (C=O) groups excluding carboxylic acids is 2. The van der Waals surface area contributed by atoms with Gasteiger partial charge < -0.3 is 21.5 Å². The molecule has 5 N–H and O–H groups in total. The first-order valence-corrected chi connectivity index (χ1v) is 19.5. The van der Waals surface area contributed by atoms with Crippen molar-refractivity contribution in [1.82, 2.24) is 20.6 Å². The molecule has 9 nitrogen and oxygen atoms in total. The van der Waals surface area contributed by atoms with Gasteiger partial charge in [0.1, 0.15) is 12.1 Å². The van der Waals surface area contributed by atoms with E-state index in [0.29, 0.717) is 10.7 Å². The van der Waals surface area contributed by atoms with Gasteiger partial charge >= 0.3 is 5.97 Å². The van der Waals surface area contributed by atoms with Crippen molar-refractivity contribution in [3.05, 3.63) is 75.7 Å². The Kier molecular flexibility index (Phi) is 13.2. The van der Waals surface area contributed by atoms with E-state index in [4.69, 9.17) is 15.7 Å². The van der Waals surface area contributed by atoms with Gasteiger partial charge in [-0.15, -0.1) is 11.3 Å². The minimum atomic E-state index is -1.17. The number of nitrogens with one attached hydrogen (secondary N) is 2. The Hall–Kier alpha value is -3.89. The molecule has 1 saturated carbocycles. The molecule has 2 heterocycles. The van der Waals surface area contributed by atoms with Crippen LogP contribution in [0.2, 0.25) is 0 Å². The molecular weight excluding hydrogens is 659 g/mol. The summed E-state index contributed by atoms with van der Waals surface area (Å²) in [7, 11) is 0. The first kappa shape index (κ1) is 38.3. The number of nitrogens with zero attached hydrogens (tertiary/aromatic N) is 2. The van der Waals surface area contributed by atoms with Crippen molar-refractivity contribution in [2.24, 2.45) is 23.5 Å². The zero-order valence-corrected chi connectivity index (χ0v) is 31.4. The first-order valence-electron chi connectivity index (χ1n) is 18.7. The highest BCUT2D eigenvalue weighted by Crippen LogP contribution is 2.42. The first-order chi connectivity index (χ1) is 24.4. The van der Waals surface area contributed by atoms with E-state index in [-0.39, 0.29) is 30.7 Å². The fraction of sp³-hybridized carbons (Fsp3) is 0.537. The van der Waals surface area contributed by atoms with Crippen molar-refractivity contribution in [3.63, 3.8) is 0 Å². The summed E-state index contributed by atoms with van der Waals surface area (Å²) in [5.74, 6) is 1.10. The maximum absolute atomic E-state index is 13.4. The van der Waals surface area contributed by atoms with E-state index in [1.54, 1.807) is 6.07 Å². The number of carboxylic acid groups (broad SMARTS) is 1. The van der Waals surface area contributed by atoms with Gasteiger partial charge in [0.05, 0.1) is 4.88 Å². The van der Waals surface area contributed by atoms with E-state index in [2.05, 4.69) is 44.4 Å². The van der Waals surface area contributed by atoms with Crippen molar-refractivity contribution >= 4 is 34.7 Å². The van der Waals surface area contributed by atoms with Crippen LogP contribution < -0.4 is 16.4 Å². The van der Waals surface area contributed by atoms with Crippen LogP contribution in [0, 0.1) is 17.8 Å². The summed E-state index contributed by atoms with van der Waals surface area (Å²) in [6.45, 7) is 8.63. The largest absolute Gasteiger partial charge is 0.480 e. The molecule has 0 bridgehead atoms. The maximum Gasteiger partial charge on any atom is 0.326 e. The second kappa shape index (κ2) is 17.6. The van der Waals surface area contributed by atoms with E-state index in [9.17, 15) is 19.5 Å². The van der Waals surface area contributed by atoms with Crippen LogP contribution in [0.25, 0.3) is 17.0 Å². The number of carbonyl (C=O) groups is 3. The summed E-state index contributed by atoms with van der Waals surface area (Å²) in [5.41, 5.74) is 9.53. The van der Waals surface area contributed by atoms with Crippen molar-refractivity contribution < 1.29 is 19.5 Å². The predicted molar refractivity (Wildman–Crippen MR) is 204 cm³/mol. The standard InChI is InChI=1S/C41H55N5O4S/c1-5-6-26-7-11-28(12-8-26)29-15-17-30(18-16-29)32-24-43-37(44-25-32)31-13-9-27(10-14-31)23-34(38(47)45-33(21-22-42)40(49)50)46-39(48)35-19-20-36(51-35)41(2,3)4/h9-10,13-14,17,19-20,24-26,28-29,33-34H,5-8,11-12,15-16,18,21-23,42H2,1-4H3,(H,45,47)(H,46,48)(H,49,50). The van der Waals surface area contributed by atoms with E-state index < -0.39 is 24.0 Å². The Morgan fingerprint density at radius 1 is 0.922 bits per heavy atom. The summed E-state index contributed by atoms with van der Waals surface area (Å²) in [4.78, 5) is 49.4. The number of carboxylic acids is 1. The van der Waals surface area contributed by atoms with Crippen LogP contribution in [0.5, 0.6) is 0 Å². The Morgan fingerprint density at radius 3 is 2.20 bits per heavy atom. The topological polar surface area (TPSA) is 147 Å². The van der Waals surface area contributed by atoms with Crippen molar-refractivity contribution in [2.45, 2.75) is 116 Å². The van der Waals surface area contributed by atoms with Gasteiger partial charge in [0.2, 0.25) is 5.91 Å². The highest BCUT2D eigenvalue weighted by atomic mass is 32.1. The van der Waals surface area contributed by atoms with Crippen LogP contribution in [0.1, 0.15) is 118 Å². The molecule has 0 aliphatic heterocycles. The third-order valence-electron chi connectivity index (χ3n) is 10.6. The predicted octanol–water partition coefficient (Wildman–Crippen LogP) is 7.55. The molecule has 1 aromatic carbocycles. The number of rotatable bonds is 14. The Bertz CT molecular complexity index is 1650. The minimum absolute atomic E-state index is 0.0763. The van der Waals surface area contributed by atoms with Crippen LogP contribution in [0.4, 0.5) is 0 Å². The third kappa shape index (κ3) is 10.3. The molecular formula is C41H55N5O4S. The van der Waals surface area contributed by atoms with Crippen LogP contribution in [-0.2, 0) is 21.4 Å². The number of amides is 2. The van der Waals surface area contributed by atoms with Gasteiger partial charge in [0.25, 0.3) is 5.91 Å². The molecule has 10 heteroatoms. The lowest BCUT2D eigenvalue weighted by Gasteiger charge is -2.35. The van der Waals surface area contributed by atoms with Gasteiger partial charge in [-0.1, -0.05) is 83.7 Å². The summed E-state index contributed by atoms with van der Waals surface area (Å²) in [6, 6.07) is 9.11. The molecule has 3 atom stereocenters. The second-order valence-electron chi connectivity index (χ2n) is 15.4. The third-order valence-corrected chi connectivity index (χ3v) is 12.2. The normalized spacial score (nSPS) is 20.6. The lowest BCUT2D eigenvalue weighted by Crippen LogP contribution is -2.52. The monoisotopic (exact) mass is 713 g/mol. The molecule has 0 saturated heterocycles. The summed E-state index contributed by atoms with van der Waals surface area (Å²) < 4.78 is 0. The number of thiophene rings is 1. The lowest BCUT2D eigenvalue weighted by molar-refractivity contribution is -0.142. The van der Waals surface area contributed by atoms with Gasteiger partial charge in [-0.3, -0.25) is 9.59 Å². The van der Waals surface area contributed by atoms with Crippen molar-refractivity contribution in [3.8, 4) is 11.4 Å². The number of nitrogens with two attached hydrogens (primary N) is 1. The molecule has 3 aromatic rings. The molecule has 0 radical (unpaired) electrons. The summed E-state index contributed by atoms with van der Waals surface area (Å²) >= 11 is 1.38. The average Bonchev–Trinajstić information content (AvgIpc) is 3.64. The van der Waals surface area contributed by atoms with Gasteiger partial charge in [-0.05, 0) is 91.5 Å². The Balaban J connectivity index is 1.23. The minimum Gasteiger partial charge on any atom is -0.480 e. The molecule has 0 spiro atoms. The molecule has 2 amide bonds. The molecule has 3 unspecified atom stereocenters. The Morgan fingerprint density at radius 2 is 1.63 bits per heavy atom. The SMILES string of the molecule is CCCC1CCC(C2CC=C(c3cnc(-c4ccc(CC(NC(=O)c5ccc(C(C)(C)C)s5)C(=O)NC(CCN)C(=O)O)cc4)nc3)CC2)CC1. The van der Waals surface area contributed by atoms with Crippen molar-refractivity contribution in [2.75, 3.05) is 6.54 Å². The Labute approximate surface area is 306 Å². The number of aliphatic carboxylic acids is 1. The summed E-state index contributed by atoms with van der Waals surface area (Å²) in [6.07, 6.45) is 18.3. The van der Waals surface area contributed by atoms with E-state index in [1.807, 2.05) is 42.7 Å². The number of aromatic nitrogens is 2. The number of allylic oxidation sites excluding steroid dienone is 2. The zero-order chi connectivity index (χ0) is 36.5. The zero-order valence-electron chi connectivity index (χ0n) is 30.6. The quantitative estimate of drug-likeness (QED) is 0.135. The molecule has 274 valence electrons. The van der Waals surface area contributed by atoms with Gasteiger partial charge in [-0.2, -0.15) is 0 Å². The van der Waals surface area contributed by atoms with E-state index in [1.165, 1.54) is 61.9 Å². The molecule has 5 rings (SSSR count). The molecule has 1 fully saturated rings. The second-order valence-corrected chi connectivity index (χ2v) is 16.5. The van der Waals surface area contributed by atoms with Crippen LogP contribution in [0.3, 0.4) is 0 Å².